The highest BCUT2D eigenvalue weighted by molar-refractivity contribution is 9.25. The van der Waals surface area contributed by atoms with Crippen molar-refractivity contribution in [2.45, 2.75) is 24.2 Å². The molecule has 0 spiro atoms. The highest BCUT2D eigenvalue weighted by Crippen LogP contribution is 2.44. The first kappa shape index (κ1) is 16.0. The summed E-state index contributed by atoms with van der Waals surface area (Å²) in [4.78, 5) is 16.8. The highest BCUT2D eigenvalue weighted by atomic mass is 79.9. The van der Waals surface area contributed by atoms with Crippen molar-refractivity contribution in [3.05, 3.63) is 0 Å². The van der Waals surface area contributed by atoms with Crippen LogP contribution < -0.4 is 0 Å². The van der Waals surface area contributed by atoms with E-state index in [1.54, 1.807) is 0 Å². The fourth-order valence-corrected chi connectivity index (χ4v) is 1.18. The van der Waals surface area contributed by atoms with Crippen LogP contribution in [0.3, 0.4) is 0 Å². The number of phosphoric ester groups is 1. The topological polar surface area (TPSA) is 76.0 Å². The maximum Gasteiger partial charge on any atom is 0.469 e. The second-order valence-electron chi connectivity index (χ2n) is 3.94. The molecular formula is C7H15Br2O5P. The maximum atomic E-state index is 10.3. The maximum absolute atomic E-state index is 10.3. The van der Waals surface area contributed by atoms with E-state index in [1.165, 1.54) is 0 Å². The third-order valence-corrected chi connectivity index (χ3v) is 4.86. The lowest BCUT2D eigenvalue weighted by molar-refractivity contribution is 0.00968. The summed E-state index contributed by atoms with van der Waals surface area (Å²) in [6, 6.07) is 0. The molecule has 0 aromatic rings. The van der Waals surface area contributed by atoms with Gasteiger partial charge in [-0.3, -0.25) is 4.52 Å². The van der Waals surface area contributed by atoms with Gasteiger partial charge in [-0.05, 0) is 31.9 Å². The number of phosphoric acid groups is 1. The number of ether oxygens (including phenoxy) is 1. The van der Waals surface area contributed by atoms with Gasteiger partial charge < -0.3 is 14.5 Å². The Morgan fingerprint density at radius 2 is 1.67 bits per heavy atom. The third kappa shape index (κ3) is 7.05. The molecule has 0 bridgehead atoms. The Bertz CT molecular complexity index is 244. The number of alkyl halides is 2. The Morgan fingerprint density at radius 3 is 2.00 bits per heavy atom. The smallest absolute Gasteiger partial charge is 0.351 e. The van der Waals surface area contributed by atoms with E-state index in [4.69, 9.17) is 14.5 Å². The van der Waals surface area contributed by atoms with Gasteiger partial charge in [0.1, 0.15) is 0 Å². The summed E-state index contributed by atoms with van der Waals surface area (Å²) in [5.41, 5.74) is -0.213. The molecular weight excluding hydrogens is 355 g/mol. The van der Waals surface area contributed by atoms with E-state index in [0.717, 1.165) is 0 Å². The van der Waals surface area contributed by atoms with E-state index in [0.29, 0.717) is 0 Å². The molecule has 5 nitrogen and oxygen atoms in total. The number of rotatable bonds is 5. The molecule has 0 amide bonds. The second-order valence-corrected chi connectivity index (χ2v) is 8.48. The summed E-state index contributed by atoms with van der Waals surface area (Å²) >= 11 is 6.66. The van der Waals surface area contributed by atoms with Gasteiger partial charge in [-0.15, -0.1) is 0 Å². The van der Waals surface area contributed by atoms with Crippen molar-refractivity contribution in [2.75, 3.05) is 13.2 Å². The molecule has 15 heavy (non-hydrogen) atoms. The van der Waals surface area contributed by atoms with Gasteiger partial charge in [-0.25, -0.2) is 4.57 Å². The predicted molar refractivity (Wildman–Crippen MR) is 64.0 cm³/mol. The molecule has 0 fully saturated rings. The van der Waals surface area contributed by atoms with Crippen LogP contribution >= 0.6 is 39.7 Å². The van der Waals surface area contributed by atoms with Gasteiger partial charge in [-0.2, -0.15) is 0 Å². The van der Waals surface area contributed by atoms with Crippen LogP contribution in [0.4, 0.5) is 0 Å². The molecule has 2 N–H and O–H groups in total. The van der Waals surface area contributed by atoms with Crippen molar-refractivity contribution in [1.29, 1.82) is 0 Å². The Kier molecular flexibility index (Phi) is 5.96. The molecule has 0 atom stereocenters. The van der Waals surface area contributed by atoms with Crippen LogP contribution in [0.2, 0.25) is 0 Å². The molecule has 0 saturated heterocycles. The molecule has 0 aromatic heterocycles. The molecule has 0 rings (SSSR count). The van der Waals surface area contributed by atoms with Crippen molar-refractivity contribution in [2.24, 2.45) is 5.41 Å². The van der Waals surface area contributed by atoms with Crippen LogP contribution in [-0.4, -0.2) is 26.4 Å². The Labute approximate surface area is 106 Å². The van der Waals surface area contributed by atoms with Gasteiger partial charge >= 0.3 is 7.82 Å². The average Bonchev–Trinajstić information content (AvgIpc) is 1.94. The van der Waals surface area contributed by atoms with Gasteiger partial charge in [-0.1, -0.05) is 20.8 Å². The zero-order valence-corrected chi connectivity index (χ0v) is 12.8. The monoisotopic (exact) mass is 368 g/mol. The summed E-state index contributed by atoms with van der Waals surface area (Å²) < 4.78 is 19.2. The summed E-state index contributed by atoms with van der Waals surface area (Å²) in [7, 11) is -4.40. The van der Waals surface area contributed by atoms with Crippen LogP contribution in [0.1, 0.15) is 20.8 Å². The zero-order chi connectivity index (χ0) is 12.3. The van der Waals surface area contributed by atoms with E-state index in [-0.39, 0.29) is 18.6 Å². The molecule has 0 aliphatic rings. The molecule has 0 aliphatic carbocycles. The summed E-state index contributed by atoms with van der Waals surface area (Å²) in [5.74, 6) is 0. The average molecular weight is 370 g/mol. The van der Waals surface area contributed by atoms with Crippen molar-refractivity contribution >= 4 is 39.7 Å². The van der Waals surface area contributed by atoms with Crippen LogP contribution in [0.25, 0.3) is 0 Å². The number of halogens is 2. The highest BCUT2D eigenvalue weighted by Gasteiger charge is 2.38. The SMILES string of the molecule is CC(C)(C)C(Br)(Br)OCCOP(=O)(O)O. The van der Waals surface area contributed by atoms with E-state index in [9.17, 15) is 4.57 Å². The summed E-state index contributed by atoms with van der Waals surface area (Å²) in [5, 5.41) is 0. The minimum atomic E-state index is -4.40. The van der Waals surface area contributed by atoms with Crippen LogP contribution in [0.5, 0.6) is 0 Å². The van der Waals surface area contributed by atoms with Gasteiger partial charge in [0.2, 0.25) is 0 Å². The molecule has 0 aliphatic heterocycles. The summed E-state index contributed by atoms with van der Waals surface area (Å²) in [6.07, 6.45) is 0. The molecule has 0 radical (unpaired) electrons. The molecule has 0 heterocycles. The van der Waals surface area contributed by atoms with Crippen molar-refractivity contribution < 1.29 is 23.6 Å². The predicted octanol–water partition coefficient (Wildman–Crippen LogP) is 2.60. The molecule has 92 valence electrons. The quantitative estimate of drug-likeness (QED) is 0.442. The lowest BCUT2D eigenvalue weighted by Gasteiger charge is -2.34. The molecule has 0 aromatic carbocycles. The normalized spacial score (nSPS) is 14.3. The first-order chi connectivity index (χ1) is 6.46. The largest absolute Gasteiger partial charge is 0.469 e. The Hall–Kier alpha value is 1.03. The van der Waals surface area contributed by atoms with E-state index >= 15 is 0 Å². The van der Waals surface area contributed by atoms with Crippen molar-refractivity contribution in [3.8, 4) is 0 Å². The first-order valence-corrected chi connectivity index (χ1v) is 7.29. The van der Waals surface area contributed by atoms with Gasteiger partial charge in [0.05, 0.1) is 13.2 Å². The summed E-state index contributed by atoms with van der Waals surface area (Å²) in [6.45, 7) is 5.74. The first-order valence-electron chi connectivity index (χ1n) is 4.17. The van der Waals surface area contributed by atoms with Gasteiger partial charge in [0.15, 0.2) is 3.42 Å². The van der Waals surface area contributed by atoms with E-state index in [1.807, 2.05) is 20.8 Å². The fourth-order valence-electron chi connectivity index (χ4n) is 0.543. The van der Waals surface area contributed by atoms with Crippen molar-refractivity contribution in [3.63, 3.8) is 0 Å². The minimum absolute atomic E-state index is 0.0683. The number of hydrogen-bond donors (Lipinski definition) is 2. The lowest BCUT2D eigenvalue weighted by Crippen LogP contribution is -2.34. The third-order valence-electron chi connectivity index (χ3n) is 1.50. The molecule has 0 saturated carbocycles. The van der Waals surface area contributed by atoms with Gasteiger partial charge in [0.25, 0.3) is 0 Å². The lowest BCUT2D eigenvalue weighted by atomic mass is 9.98. The number of hydrogen-bond acceptors (Lipinski definition) is 3. The standard InChI is InChI=1S/C7H15Br2O5P/c1-6(2,3)7(8,9)13-4-5-14-15(10,11)12/h4-5H2,1-3H3,(H2,10,11,12). The minimum Gasteiger partial charge on any atom is -0.351 e. The van der Waals surface area contributed by atoms with Crippen molar-refractivity contribution in [1.82, 2.24) is 0 Å². The zero-order valence-electron chi connectivity index (χ0n) is 8.74. The van der Waals surface area contributed by atoms with Crippen LogP contribution in [-0.2, 0) is 13.8 Å². The molecule has 0 unspecified atom stereocenters. The van der Waals surface area contributed by atoms with E-state index < -0.39 is 11.2 Å². The fraction of sp³-hybridized carbons (Fsp3) is 1.00. The van der Waals surface area contributed by atoms with Crippen LogP contribution in [0, 0.1) is 5.41 Å². The Balaban J connectivity index is 3.92. The Morgan fingerprint density at radius 1 is 1.20 bits per heavy atom. The van der Waals surface area contributed by atoms with Gasteiger partial charge in [0, 0.05) is 5.41 Å². The van der Waals surface area contributed by atoms with Crippen LogP contribution in [0.15, 0.2) is 0 Å². The van der Waals surface area contributed by atoms with E-state index in [2.05, 4.69) is 36.4 Å². The molecule has 8 heteroatoms. The second kappa shape index (κ2) is 5.58.